The van der Waals surface area contributed by atoms with Crippen LogP contribution in [0.15, 0.2) is 24.3 Å². The maximum atomic E-state index is 5.98. The second-order valence-corrected chi connectivity index (χ2v) is 5.94. The van der Waals surface area contributed by atoms with Gasteiger partial charge in [0.15, 0.2) is 0 Å². The Labute approximate surface area is 103 Å². The molecular weight excluding hydrogens is 208 g/mol. The highest BCUT2D eigenvalue weighted by Gasteiger charge is 2.15. The number of aromatic nitrogens is 1. The van der Waals surface area contributed by atoms with Crippen LogP contribution in [0, 0.1) is 0 Å². The van der Waals surface area contributed by atoms with Gasteiger partial charge < -0.3 is 10.3 Å². The molecule has 0 fully saturated rings. The van der Waals surface area contributed by atoms with Gasteiger partial charge in [-0.05, 0) is 36.1 Å². The van der Waals surface area contributed by atoms with E-state index in [-0.39, 0.29) is 11.5 Å². The van der Waals surface area contributed by atoms with Gasteiger partial charge >= 0.3 is 0 Å². The molecule has 0 saturated carbocycles. The lowest BCUT2D eigenvalue weighted by Crippen LogP contribution is -2.10. The molecule has 2 heteroatoms. The van der Waals surface area contributed by atoms with Crippen LogP contribution in [0.3, 0.4) is 0 Å². The molecule has 0 aliphatic rings. The average Bonchev–Trinajstić information content (AvgIpc) is 2.54. The quantitative estimate of drug-likeness (QED) is 0.798. The van der Waals surface area contributed by atoms with Gasteiger partial charge in [0.05, 0.1) is 0 Å². The number of nitrogens with two attached hydrogens (primary N) is 1. The van der Waals surface area contributed by atoms with Crippen molar-refractivity contribution in [3.63, 3.8) is 0 Å². The van der Waals surface area contributed by atoms with Crippen molar-refractivity contribution in [3.8, 4) is 0 Å². The van der Waals surface area contributed by atoms with Crippen LogP contribution >= 0.6 is 0 Å². The summed E-state index contributed by atoms with van der Waals surface area (Å²) in [4.78, 5) is 0. The first kappa shape index (κ1) is 12.2. The normalized spacial score (nSPS) is 14.2. The molecule has 0 bridgehead atoms. The van der Waals surface area contributed by atoms with Crippen molar-refractivity contribution >= 4 is 10.9 Å². The zero-order chi connectivity index (χ0) is 12.8. The Morgan fingerprint density at radius 2 is 1.82 bits per heavy atom. The van der Waals surface area contributed by atoms with Crippen LogP contribution in [0.2, 0.25) is 0 Å². The van der Waals surface area contributed by atoms with Crippen molar-refractivity contribution in [2.45, 2.75) is 39.2 Å². The molecule has 92 valence electrons. The lowest BCUT2D eigenvalue weighted by atomic mass is 9.86. The van der Waals surface area contributed by atoms with E-state index in [9.17, 15) is 0 Å². The third kappa shape index (κ3) is 2.09. The Balaban J connectivity index is 2.64. The zero-order valence-electron chi connectivity index (χ0n) is 11.4. The first-order chi connectivity index (χ1) is 7.80. The third-order valence-corrected chi connectivity index (χ3v) is 3.41. The van der Waals surface area contributed by atoms with E-state index >= 15 is 0 Å². The standard InChI is InChI=1S/C15H22N2/c1-10(16)14-9-11-8-12(15(2,3)4)6-7-13(11)17(14)5/h6-10H,16H2,1-5H3. The average molecular weight is 230 g/mol. The zero-order valence-corrected chi connectivity index (χ0v) is 11.4. The Kier molecular flexibility index (Phi) is 2.78. The summed E-state index contributed by atoms with van der Waals surface area (Å²) in [6, 6.07) is 8.97. The highest BCUT2D eigenvalue weighted by atomic mass is 15.0. The molecule has 2 N–H and O–H groups in total. The number of aryl methyl sites for hydroxylation is 1. The second kappa shape index (κ2) is 3.88. The fourth-order valence-corrected chi connectivity index (χ4v) is 2.27. The first-order valence-corrected chi connectivity index (χ1v) is 6.16. The van der Waals surface area contributed by atoms with Gasteiger partial charge in [0, 0.05) is 29.7 Å². The van der Waals surface area contributed by atoms with Crippen molar-refractivity contribution in [2.24, 2.45) is 12.8 Å². The van der Waals surface area contributed by atoms with Crippen molar-refractivity contribution in [1.82, 2.24) is 4.57 Å². The van der Waals surface area contributed by atoms with Crippen LogP contribution in [0.1, 0.15) is 45.0 Å². The largest absolute Gasteiger partial charge is 0.346 e. The molecule has 1 aromatic carbocycles. The highest BCUT2D eigenvalue weighted by molar-refractivity contribution is 5.82. The van der Waals surface area contributed by atoms with E-state index in [0.29, 0.717) is 0 Å². The number of fused-ring (bicyclic) bond motifs is 1. The fraction of sp³-hybridized carbons (Fsp3) is 0.467. The summed E-state index contributed by atoms with van der Waals surface area (Å²) in [6.45, 7) is 8.75. The molecule has 1 atom stereocenters. The Morgan fingerprint density at radius 3 is 2.35 bits per heavy atom. The summed E-state index contributed by atoms with van der Waals surface area (Å²) in [5, 5.41) is 1.28. The molecule has 2 nitrogen and oxygen atoms in total. The van der Waals surface area contributed by atoms with Crippen LogP contribution < -0.4 is 5.73 Å². The summed E-state index contributed by atoms with van der Waals surface area (Å²) in [5.41, 5.74) is 9.98. The summed E-state index contributed by atoms with van der Waals surface area (Å²) >= 11 is 0. The van der Waals surface area contributed by atoms with Gasteiger partial charge in [-0.2, -0.15) is 0 Å². The van der Waals surface area contributed by atoms with E-state index in [1.807, 2.05) is 6.92 Å². The van der Waals surface area contributed by atoms with Gasteiger partial charge in [0.2, 0.25) is 0 Å². The second-order valence-electron chi connectivity index (χ2n) is 5.94. The van der Waals surface area contributed by atoms with Gasteiger partial charge in [-0.15, -0.1) is 0 Å². The van der Waals surface area contributed by atoms with E-state index in [4.69, 9.17) is 5.73 Å². The lowest BCUT2D eigenvalue weighted by molar-refractivity contribution is 0.591. The molecule has 0 radical (unpaired) electrons. The predicted octanol–water partition coefficient (Wildman–Crippen LogP) is 3.50. The van der Waals surface area contributed by atoms with Crippen LogP contribution in [-0.4, -0.2) is 4.57 Å². The maximum absolute atomic E-state index is 5.98. The van der Waals surface area contributed by atoms with E-state index in [1.165, 1.54) is 22.2 Å². The molecule has 1 heterocycles. The number of nitrogens with zero attached hydrogens (tertiary/aromatic N) is 1. The fourth-order valence-electron chi connectivity index (χ4n) is 2.27. The molecule has 1 aromatic heterocycles. The van der Waals surface area contributed by atoms with Gasteiger partial charge in [-0.25, -0.2) is 0 Å². The number of hydrogen-bond acceptors (Lipinski definition) is 1. The molecule has 2 aromatic rings. The van der Waals surface area contributed by atoms with Crippen molar-refractivity contribution < 1.29 is 0 Å². The molecule has 0 saturated heterocycles. The lowest BCUT2D eigenvalue weighted by Gasteiger charge is -2.19. The minimum Gasteiger partial charge on any atom is -0.346 e. The van der Waals surface area contributed by atoms with Gasteiger partial charge in [-0.1, -0.05) is 26.8 Å². The van der Waals surface area contributed by atoms with Crippen molar-refractivity contribution in [3.05, 3.63) is 35.5 Å². The van der Waals surface area contributed by atoms with Crippen molar-refractivity contribution in [1.29, 1.82) is 0 Å². The minimum atomic E-state index is 0.0745. The monoisotopic (exact) mass is 230 g/mol. The Morgan fingerprint density at radius 1 is 1.18 bits per heavy atom. The molecule has 0 spiro atoms. The van der Waals surface area contributed by atoms with Crippen LogP contribution in [-0.2, 0) is 12.5 Å². The smallest absolute Gasteiger partial charge is 0.0480 e. The molecule has 1 unspecified atom stereocenters. The van der Waals surface area contributed by atoms with E-state index in [0.717, 1.165) is 0 Å². The molecule has 17 heavy (non-hydrogen) atoms. The summed E-state index contributed by atoms with van der Waals surface area (Å²) < 4.78 is 2.19. The van der Waals surface area contributed by atoms with Crippen LogP contribution in [0.4, 0.5) is 0 Å². The maximum Gasteiger partial charge on any atom is 0.0480 e. The summed E-state index contributed by atoms with van der Waals surface area (Å²) in [5.74, 6) is 0. The van der Waals surface area contributed by atoms with Crippen LogP contribution in [0.25, 0.3) is 10.9 Å². The summed E-state index contributed by atoms with van der Waals surface area (Å²) in [7, 11) is 2.08. The Hall–Kier alpha value is -1.28. The molecule has 2 rings (SSSR count). The van der Waals surface area contributed by atoms with Gasteiger partial charge in [-0.3, -0.25) is 0 Å². The highest BCUT2D eigenvalue weighted by Crippen LogP contribution is 2.28. The Bertz CT molecular complexity index is 542. The molecule has 0 aliphatic heterocycles. The molecular formula is C15H22N2. The van der Waals surface area contributed by atoms with Gasteiger partial charge in [0.1, 0.15) is 0 Å². The SMILES string of the molecule is CC(N)c1cc2cc(C(C)(C)C)ccc2n1C. The van der Waals surface area contributed by atoms with Crippen LogP contribution in [0.5, 0.6) is 0 Å². The van der Waals surface area contributed by atoms with E-state index in [1.54, 1.807) is 0 Å². The topological polar surface area (TPSA) is 30.9 Å². The van der Waals surface area contributed by atoms with Crippen molar-refractivity contribution in [2.75, 3.05) is 0 Å². The molecule has 0 amide bonds. The number of benzene rings is 1. The number of hydrogen-bond donors (Lipinski definition) is 1. The summed E-state index contributed by atoms with van der Waals surface area (Å²) in [6.07, 6.45) is 0. The predicted molar refractivity (Wildman–Crippen MR) is 74.2 cm³/mol. The first-order valence-electron chi connectivity index (χ1n) is 6.16. The number of rotatable bonds is 1. The molecule has 0 aliphatic carbocycles. The van der Waals surface area contributed by atoms with E-state index < -0.39 is 0 Å². The minimum absolute atomic E-state index is 0.0745. The third-order valence-electron chi connectivity index (χ3n) is 3.41. The van der Waals surface area contributed by atoms with E-state index in [2.05, 4.69) is 56.7 Å². The van der Waals surface area contributed by atoms with Gasteiger partial charge in [0.25, 0.3) is 0 Å².